The second kappa shape index (κ2) is 4.58. The van der Waals surface area contributed by atoms with E-state index in [1.54, 1.807) is 6.07 Å². The van der Waals surface area contributed by atoms with Gasteiger partial charge in [0.25, 0.3) is 0 Å². The Bertz CT molecular complexity index is 705. The highest BCUT2D eigenvalue weighted by Crippen LogP contribution is 2.31. The first-order valence-electron chi connectivity index (χ1n) is 4.72. The van der Waals surface area contributed by atoms with Gasteiger partial charge < -0.3 is 5.73 Å². The summed E-state index contributed by atoms with van der Waals surface area (Å²) in [6.45, 7) is 0. The van der Waals surface area contributed by atoms with Crippen molar-refractivity contribution in [2.24, 2.45) is 0 Å². The molecule has 2 N–H and O–H groups in total. The van der Waals surface area contributed by atoms with Crippen LogP contribution in [0.2, 0.25) is 10.0 Å². The fourth-order valence-corrected chi connectivity index (χ4v) is 1.98. The number of aromatic nitrogens is 2. The second-order valence-electron chi connectivity index (χ2n) is 3.33. The van der Waals surface area contributed by atoms with E-state index >= 15 is 0 Å². The van der Waals surface area contributed by atoms with E-state index in [0.29, 0.717) is 5.69 Å². The van der Waals surface area contributed by atoms with Crippen molar-refractivity contribution in [1.29, 1.82) is 10.5 Å². The van der Waals surface area contributed by atoms with E-state index < -0.39 is 0 Å². The zero-order valence-electron chi connectivity index (χ0n) is 8.85. The molecular formula is C11H5Cl2N5. The van der Waals surface area contributed by atoms with Gasteiger partial charge in [-0.15, -0.1) is 0 Å². The van der Waals surface area contributed by atoms with E-state index in [4.69, 9.17) is 39.5 Å². The Hall–Kier alpha value is -2.21. The summed E-state index contributed by atoms with van der Waals surface area (Å²) in [6.07, 6.45) is 1.33. The molecule has 18 heavy (non-hydrogen) atoms. The lowest BCUT2D eigenvalue weighted by Gasteiger charge is -2.08. The van der Waals surface area contributed by atoms with Crippen LogP contribution in [0.3, 0.4) is 0 Å². The second-order valence-corrected chi connectivity index (χ2v) is 4.12. The van der Waals surface area contributed by atoms with Crippen LogP contribution >= 0.6 is 23.2 Å². The summed E-state index contributed by atoms with van der Waals surface area (Å²) in [5.74, 6) is 0.158. The molecule has 0 radical (unpaired) electrons. The van der Waals surface area contributed by atoms with Gasteiger partial charge in [0.05, 0.1) is 27.5 Å². The lowest BCUT2D eigenvalue weighted by Crippen LogP contribution is -2.04. The van der Waals surface area contributed by atoms with Gasteiger partial charge in [-0.3, -0.25) is 0 Å². The van der Waals surface area contributed by atoms with Crippen molar-refractivity contribution < 1.29 is 0 Å². The lowest BCUT2D eigenvalue weighted by atomic mass is 10.2. The molecule has 0 aliphatic carbocycles. The van der Waals surface area contributed by atoms with Gasteiger partial charge in [-0.2, -0.15) is 15.6 Å². The first-order valence-corrected chi connectivity index (χ1v) is 5.47. The Morgan fingerprint density at radius 3 is 2.50 bits per heavy atom. The number of hydrogen-bond donors (Lipinski definition) is 1. The number of rotatable bonds is 1. The Labute approximate surface area is 113 Å². The number of nitriles is 2. The molecule has 0 saturated carbocycles. The van der Waals surface area contributed by atoms with Crippen molar-refractivity contribution in [3.05, 3.63) is 39.5 Å². The summed E-state index contributed by atoms with van der Waals surface area (Å²) in [5, 5.41) is 22.1. The van der Waals surface area contributed by atoms with E-state index in [9.17, 15) is 0 Å². The largest absolute Gasteiger partial charge is 0.382 e. The number of anilines is 1. The van der Waals surface area contributed by atoms with Crippen molar-refractivity contribution in [2.75, 3.05) is 5.73 Å². The zero-order valence-corrected chi connectivity index (χ0v) is 10.4. The van der Waals surface area contributed by atoms with Gasteiger partial charge in [0, 0.05) is 0 Å². The van der Waals surface area contributed by atoms with Gasteiger partial charge in [0.1, 0.15) is 23.5 Å². The Balaban J connectivity index is 2.70. The van der Waals surface area contributed by atoms with Crippen LogP contribution < -0.4 is 5.73 Å². The third-order valence-electron chi connectivity index (χ3n) is 2.34. The number of halogens is 2. The molecule has 7 heteroatoms. The molecule has 1 aromatic heterocycles. The molecule has 0 amide bonds. The third kappa shape index (κ3) is 1.76. The van der Waals surface area contributed by atoms with E-state index in [1.165, 1.54) is 16.9 Å². The Kier molecular flexibility index (Phi) is 3.12. The molecule has 0 atom stereocenters. The van der Waals surface area contributed by atoms with Gasteiger partial charge in [-0.1, -0.05) is 23.2 Å². The minimum Gasteiger partial charge on any atom is -0.382 e. The predicted molar refractivity (Wildman–Crippen MR) is 67.4 cm³/mol. The Morgan fingerprint density at radius 2 is 1.94 bits per heavy atom. The third-order valence-corrected chi connectivity index (χ3v) is 3.04. The van der Waals surface area contributed by atoms with Crippen LogP contribution in [0.1, 0.15) is 11.1 Å². The molecule has 88 valence electrons. The summed E-state index contributed by atoms with van der Waals surface area (Å²) in [7, 11) is 0. The van der Waals surface area contributed by atoms with E-state index in [2.05, 4.69) is 5.10 Å². The molecule has 2 rings (SSSR count). The van der Waals surface area contributed by atoms with E-state index in [0.717, 1.165) is 0 Å². The van der Waals surface area contributed by atoms with Gasteiger partial charge in [-0.05, 0) is 12.1 Å². The summed E-state index contributed by atoms with van der Waals surface area (Å²) in [4.78, 5) is 0. The Morgan fingerprint density at radius 1 is 1.22 bits per heavy atom. The molecule has 1 aromatic carbocycles. The molecule has 0 aliphatic heterocycles. The maximum absolute atomic E-state index is 8.96. The predicted octanol–water partition coefficient (Wildman–Crippen LogP) is 2.50. The normalized spacial score (nSPS) is 9.78. The molecule has 2 aromatic rings. The molecule has 0 aliphatic rings. The molecule has 0 bridgehead atoms. The molecule has 0 saturated heterocycles. The first kappa shape index (κ1) is 12.3. The summed E-state index contributed by atoms with van der Waals surface area (Å²) in [5.41, 5.74) is 6.53. The smallest absolute Gasteiger partial charge is 0.145 e. The average Bonchev–Trinajstić information content (AvgIpc) is 2.71. The standard InChI is InChI=1S/C11H5Cl2N5/c12-8-1-2-9(10(13)7(8)4-15)18-11(16)6(3-14)5-17-18/h1-2,5H,16H2. The van der Waals surface area contributed by atoms with Gasteiger partial charge >= 0.3 is 0 Å². The first-order chi connectivity index (χ1) is 8.60. The van der Waals surface area contributed by atoms with Crippen LogP contribution in [0.4, 0.5) is 5.82 Å². The monoisotopic (exact) mass is 277 g/mol. The van der Waals surface area contributed by atoms with Crippen LogP contribution in [0.25, 0.3) is 5.69 Å². The van der Waals surface area contributed by atoms with Gasteiger partial charge in [-0.25, -0.2) is 4.68 Å². The van der Waals surface area contributed by atoms with Crippen molar-refractivity contribution in [1.82, 2.24) is 9.78 Å². The number of nitrogen functional groups attached to an aromatic ring is 1. The van der Waals surface area contributed by atoms with Crippen LogP contribution in [0, 0.1) is 22.7 Å². The fourth-order valence-electron chi connectivity index (χ4n) is 1.44. The highest BCUT2D eigenvalue weighted by molar-refractivity contribution is 6.37. The molecule has 0 spiro atoms. The van der Waals surface area contributed by atoms with Crippen molar-refractivity contribution in [3.8, 4) is 17.8 Å². The zero-order chi connectivity index (χ0) is 13.3. The van der Waals surface area contributed by atoms with Gasteiger partial charge in [0.15, 0.2) is 0 Å². The maximum Gasteiger partial charge on any atom is 0.145 e. The molecule has 5 nitrogen and oxygen atoms in total. The van der Waals surface area contributed by atoms with Crippen LogP contribution in [0.5, 0.6) is 0 Å². The van der Waals surface area contributed by atoms with Crippen molar-refractivity contribution in [2.45, 2.75) is 0 Å². The fraction of sp³-hybridized carbons (Fsp3) is 0. The number of hydrogen-bond acceptors (Lipinski definition) is 4. The average molecular weight is 278 g/mol. The lowest BCUT2D eigenvalue weighted by molar-refractivity contribution is 0.891. The van der Waals surface area contributed by atoms with Crippen molar-refractivity contribution in [3.63, 3.8) is 0 Å². The van der Waals surface area contributed by atoms with E-state index in [1.807, 2.05) is 12.1 Å². The SMILES string of the molecule is N#Cc1cnn(-c2ccc(Cl)c(C#N)c2Cl)c1N. The quantitative estimate of drug-likeness (QED) is 0.867. The highest BCUT2D eigenvalue weighted by atomic mass is 35.5. The topological polar surface area (TPSA) is 91.4 Å². The van der Waals surface area contributed by atoms with Crippen LogP contribution in [0.15, 0.2) is 18.3 Å². The van der Waals surface area contributed by atoms with Crippen LogP contribution in [-0.2, 0) is 0 Å². The van der Waals surface area contributed by atoms with E-state index in [-0.39, 0.29) is 27.0 Å². The number of benzene rings is 1. The van der Waals surface area contributed by atoms with Crippen LogP contribution in [-0.4, -0.2) is 9.78 Å². The maximum atomic E-state index is 8.96. The molecule has 0 fully saturated rings. The van der Waals surface area contributed by atoms with Crippen molar-refractivity contribution >= 4 is 29.0 Å². The summed E-state index contributed by atoms with van der Waals surface area (Å²) in [6, 6.07) is 6.91. The summed E-state index contributed by atoms with van der Waals surface area (Å²) >= 11 is 11.9. The molecule has 0 unspecified atom stereocenters. The highest BCUT2D eigenvalue weighted by Gasteiger charge is 2.15. The number of nitrogens with zero attached hydrogens (tertiary/aromatic N) is 4. The molecule has 1 heterocycles. The summed E-state index contributed by atoms with van der Waals surface area (Å²) < 4.78 is 1.29. The number of nitrogens with two attached hydrogens (primary N) is 1. The minimum atomic E-state index is 0.143. The van der Waals surface area contributed by atoms with Gasteiger partial charge in [0.2, 0.25) is 0 Å². The molecular weight excluding hydrogens is 273 g/mol. The minimum absolute atomic E-state index is 0.143.